The van der Waals surface area contributed by atoms with Crippen LogP contribution in [0.5, 0.6) is 11.5 Å². The van der Waals surface area contributed by atoms with Crippen LogP contribution in [0.3, 0.4) is 0 Å². The number of halogens is 1. The van der Waals surface area contributed by atoms with Gasteiger partial charge < -0.3 is 20.3 Å². The Labute approximate surface area is 205 Å². The molecule has 180 valence electrons. The second-order valence-electron chi connectivity index (χ2n) is 8.41. The third-order valence-corrected chi connectivity index (χ3v) is 5.89. The number of hydrogen-bond donors (Lipinski definition) is 2. The van der Waals surface area contributed by atoms with Crippen molar-refractivity contribution < 1.29 is 18.7 Å². The molecule has 2 aromatic carbocycles. The van der Waals surface area contributed by atoms with Gasteiger partial charge in [0.15, 0.2) is 5.75 Å². The Balaban J connectivity index is 1.33. The van der Waals surface area contributed by atoms with E-state index in [1.165, 1.54) is 24.3 Å². The maximum absolute atomic E-state index is 13.1. The van der Waals surface area contributed by atoms with Crippen molar-refractivity contribution in [3.63, 3.8) is 0 Å². The lowest BCUT2D eigenvalue weighted by Gasteiger charge is -2.35. The molecule has 10 heteroatoms. The van der Waals surface area contributed by atoms with Crippen LogP contribution in [0.4, 0.5) is 20.6 Å². The second-order valence-corrected chi connectivity index (χ2v) is 8.41. The van der Waals surface area contributed by atoms with Crippen LogP contribution in [0.15, 0.2) is 67.0 Å². The smallest absolute Gasteiger partial charge is 0.323 e. The summed E-state index contributed by atoms with van der Waals surface area (Å²) in [6.45, 7) is 2.68. The molecule has 3 amide bonds. The van der Waals surface area contributed by atoms with Crippen molar-refractivity contribution in [2.45, 2.75) is 6.92 Å². The van der Waals surface area contributed by atoms with Gasteiger partial charge in [-0.15, -0.1) is 0 Å². The molecule has 36 heavy (non-hydrogen) atoms. The summed E-state index contributed by atoms with van der Waals surface area (Å²) in [5.41, 5.74) is 2.81. The molecule has 0 aliphatic carbocycles. The molecule has 1 aliphatic rings. The first kappa shape index (κ1) is 22.9. The largest absolute Gasteiger partial charge is 0.455 e. The van der Waals surface area contributed by atoms with Gasteiger partial charge in [-0.3, -0.25) is 4.79 Å². The summed E-state index contributed by atoms with van der Waals surface area (Å²) in [4.78, 5) is 26.9. The summed E-state index contributed by atoms with van der Waals surface area (Å²) in [6.07, 6.45) is 3.24. The van der Waals surface area contributed by atoms with Gasteiger partial charge in [0.2, 0.25) is 0 Å². The summed E-state index contributed by atoms with van der Waals surface area (Å²) in [6, 6.07) is 15.7. The Hall–Kier alpha value is -4.91. The number of fused-ring (bicyclic) bond motifs is 1. The molecule has 0 saturated carbocycles. The molecule has 2 N–H and O–H groups in total. The monoisotopic (exact) mass is 484 g/mol. The molecule has 1 fully saturated rings. The third-order valence-electron chi connectivity index (χ3n) is 5.89. The minimum atomic E-state index is -0.486. The standard InChI is InChI=1S/C26H21FN6O3/c1-16-22(25(34)32-13-17(12-28)14-32)15-33-24(16)23(9-10-29-33)36-21-4-2-3-20(11-21)31-26(35)30-19-7-5-18(27)6-8-19/h2-11,15,17H,13-14H2,1H3,(H2,30,31,35). The van der Waals surface area contributed by atoms with E-state index < -0.39 is 6.03 Å². The zero-order valence-corrected chi connectivity index (χ0v) is 19.2. The number of benzene rings is 2. The average molecular weight is 484 g/mol. The summed E-state index contributed by atoms with van der Waals surface area (Å²) in [5, 5.41) is 18.6. The van der Waals surface area contributed by atoms with Crippen LogP contribution in [0.2, 0.25) is 0 Å². The minimum absolute atomic E-state index is 0.123. The molecule has 0 radical (unpaired) electrons. The summed E-state index contributed by atoms with van der Waals surface area (Å²) in [7, 11) is 0. The number of ether oxygens (including phenoxy) is 1. The molecule has 4 aromatic rings. The van der Waals surface area contributed by atoms with E-state index in [1.54, 1.807) is 52.1 Å². The van der Waals surface area contributed by atoms with Crippen molar-refractivity contribution in [1.29, 1.82) is 5.26 Å². The van der Waals surface area contributed by atoms with E-state index in [2.05, 4.69) is 21.8 Å². The van der Waals surface area contributed by atoms with E-state index in [1.807, 2.05) is 6.92 Å². The normalized spacial score (nSPS) is 13.1. The first-order valence-electron chi connectivity index (χ1n) is 11.2. The Morgan fingerprint density at radius 2 is 1.86 bits per heavy atom. The lowest BCUT2D eigenvalue weighted by Crippen LogP contribution is -2.49. The first-order chi connectivity index (χ1) is 17.4. The lowest BCUT2D eigenvalue weighted by atomic mass is 10.0. The number of carbonyl (C=O) groups is 2. The molecule has 0 bridgehead atoms. The van der Waals surface area contributed by atoms with E-state index >= 15 is 0 Å². The molecule has 0 unspecified atom stereocenters. The molecule has 0 spiro atoms. The molecular weight excluding hydrogens is 463 g/mol. The number of rotatable bonds is 5. The van der Waals surface area contributed by atoms with Gasteiger partial charge in [-0.05, 0) is 48.9 Å². The number of hydrogen-bond acceptors (Lipinski definition) is 5. The number of carbonyl (C=O) groups excluding carboxylic acids is 2. The molecular formula is C26H21FN6O3. The lowest BCUT2D eigenvalue weighted by molar-refractivity contribution is 0.0576. The Morgan fingerprint density at radius 3 is 2.61 bits per heavy atom. The molecule has 9 nitrogen and oxygen atoms in total. The molecule has 2 aromatic heterocycles. The van der Waals surface area contributed by atoms with Gasteiger partial charge in [0.1, 0.15) is 17.1 Å². The Bertz CT molecular complexity index is 1500. The fourth-order valence-electron chi connectivity index (χ4n) is 4.01. The van der Waals surface area contributed by atoms with E-state index in [-0.39, 0.29) is 17.6 Å². The highest BCUT2D eigenvalue weighted by Gasteiger charge is 2.33. The predicted molar refractivity (Wildman–Crippen MR) is 130 cm³/mol. The van der Waals surface area contributed by atoms with Gasteiger partial charge in [-0.2, -0.15) is 10.4 Å². The van der Waals surface area contributed by atoms with Gasteiger partial charge in [0.05, 0.1) is 23.7 Å². The number of urea groups is 1. The quantitative estimate of drug-likeness (QED) is 0.422. The van der Waals surface area contributed by atoms with Gasteiger partial charge >= 0.3 is 6.03 Å². The van der Waals surface area contributed by atoms with Crippen LogP contribution in [-0.4, -0.2) is 39.5 Å². The molecule has 0 atom stereocenters. The van der Waals surface area contributed by atoms with Crippen molar-refractivity contribution in [2.24, 2.45) is 5.92 Å². The van der Waals surface area contributed by atoms with Gasteiger partial charge in [0.25, 0.3) is 5.91 Å². The number of nitrogens with zero attached hydrogens (tertiary/aromatic N) is 4. The maximum atomic E-state index is 13.1. The summed E-state index contributed by atoms with van der Waals surface area (Å²) >= 11 is 0. The van der Waals surface area contributed by atoms with Crippen molar-refractivity contribution in [3.05, 3.63) is 83.9 Å². The van der Waals surface area contributed by atoms with Crippen LogP contribution >= 0.6 is 0 Å². The number of anilines is 2. The Kier molecular flexibility index (Phi) is 5.96. The van der Waals surface area contributed by atoms with Crippen LogP contribution in [0, 0.1) is 30.0 Å². The number of aromatic nitrogens is 2. The van der Waals surface area contributed by atoms with Crippen molar-refractivity contribution >= 4 is 28.8 Å². The molecule has 3 heterocycles. The van der Waals surface area contributed by atoms with E-state index in [0.717, 1.165) is 5.56 Å². The number of aryl methyl sites for hydroxylation is 1. The van der Waals surface area contributed by atoms with Crippen molar-refractivity contribution in [1.82, 2.24) is 14.5 Å². The highest BCUT2D eigenvalue weighted by Crippen LogP contribution is 2.32. The van der Waals surface area contributed by atoms with E-state index in [9.17, 15) is 14.0 Å². The van der Waals surface area contributed by atoms with Crippen molar-refractivity contribution in [2.75, 3.05) is 23.7 Å². The first-order valence-corrected chi connectivity index (χ1v) is 11.2. The molecule has 1 saturated heterocycles. The highest BCUT2D eigenvalue weighted by atomic mass is 19.1. The highest BCUT2D eigenvalue weighted by molar-refractivity contribution is 6.00. The van der Waals surface area contributed by atoms with Crippen LogP contribution in [0.1, 0.15) is 15.9 Å². The van der Waals surface area contributed by atoms with Gasteiger partial charge in [-0.1, -0.05) is 6.07 Å². The van der Waals surface area contributed by atoms with Crippen molar-refractivity contribution in [3.8, 4) is 17.6 Å². The Morgan fingerprint density at radius 1 is 1.11 bits per heavy atom. The number of nitrogens with one attached hydrogen (secondary N) is 2. The van der Waals surface area contributed by atoms with E-state index in [4.69, 9.17) is 10.00 Å². The van der Waals surface area contributed by atoms with Crippen LogP contribution in [0.25, 0.3) is 5.52 Å². The number of amides is 3. The second kappa shape index (κ2) is 9.38. The van der Waals surface area contributed by atoms with Crippen LogP contribution in [-0.2, 0) is 0 Å². The average Bonchev–Trinajstić information content (AvgIpc) is 3.17. The van der Waals surface area contributed by atoms with Gasteiger partial charge in [0, 0.05) is 42.8 Å². The van der Waals surface area contributed by atoms with Gasteiger partial charge in [-0.25, -0.2) is 13.7 Å². The fraction of sp³-hybridized carbons (Fsp3) is 0.154. The van der Waals surface area contributed by atoms with Crippen LogP contribution < -0.4 is 15.4 Å². The fourth-order valence-corrected chi connectivity index (χ4v) is 4.01. The number of nitriles is 1. The summed E-state index contributed by atoms with van der Waals surface area (Å²) < 4.78 is 20.8. The molecule has 1 aliphatic heterocycles. The number of likely N-dealkylation sites (tertiary alicyclic amines) is 1. The minimum Gasteiger partial charge on any atom is -0.455 e. The zero-order chi connectivity index (χ0) is 25.2. The third kappa shape index (κ3) is 4.54. The molecule has 5 rings (SSSR count). The maximum Gasteiger partial charge on any atom is 0.323 e. The zero-order valence-electron chi connectivity index (χ0n) is 19.2. The topological polar surface area (TPSA) is 112 Å². The predicted octanol–water partition coefficient (Wildman–Crippen LogP) is 4.81. The summed E-state index contributed by atoms with van der Waals surface area (Å²) in [5.74, 6) is 0.304. The van der Waals surface area contributed by atoms with E-state index in [0.29, 0.717) is 47.0 Å². The SMILES string of the molecule is Cc1c(C(=O)N2CC(C#N)C2)cn2nccc(Oc3cccc(NC(=O)Nc4ccc(F)cc4)c3)c12.